The van der Waals surface area contributed by atoms with E-state index in [1.807, 2.05) is 0 Å². The molecule has 0 spiro atoms. The van der Waals surface area contributed by atoms with Gasteiger partial charge in [0.25, 0.3) is 0 Å². The van der Waals surface area contributed by atoms with Crippen LogP contribution < -0.4 is 0 Å². The molecule has 2 atom stereocenters. The number of hydrogen-bond acceptors (Lipinski definition) is 2. The quantitative estimate of drug-likeness (QED) is 0.857. The Morgan fingerprint density at radius 3 is 2.73 bits per heavy atom. The molecule has 4 rings (SSSR count). The van der Waals surface area contributed by atoms with Gasteiger partial charge in [-0.2, -0.15) is 0 Å². The van der Waals surface area contributed by atoms with Crippen molar-refractivity contribution in [2.24, 2.45) is 0 Å². The summed E-state index contributed by atoms with van der Waals surface area (Å²) in [5.41, 5.74) is 4.33. The zero-order valence-corrected chi connectivity index (χ0v) is 12.9. The van der Waals surface area contributed by atoms with Crippen LogP contribution in [0.1, 0.15) is 29.0 Å². The predicted molar refractivity (Wildman–Crippen MR) is 89.0 cm³/mol. The molecule has 22 heavy (non-hydrogen) atoms. The molecule has 0 aromatic heterocycles. The molecule has 2 aliphatic rings. The van der Waals surface area contributed by atoms with E-state index in [0.717, 1.165) is 39.1 Å². The molecule has 2 heterocycles. The fourth-order valence-corrected chi connectivity index (χ4v) is 3.86. The molecule has 0 radical (unpaired) electrons. The lowest BCUT2D eigenvalue weighted by atomic mass is 9.83. The van der Waals surface area contributed by atoms with E-state index in [1.54, 1.807) is 0 Å². The van der Waals surface area contributed by atoms with Crippen LogP contribution in [0.5, 0.6) is 0 Å². The summed E-state index contributed by atoms with van der Waals surface area (Å²) in [5.74, 6) is 0.550. The maximum Gasteiger partial charge on any atom is 0.0723 e. The summed E-state index contributed by atoms with van der Waals surface area (Å²) in [5, 5.41) is 0. The largest absolute Gasteiger partial charge is 0.373 e. The second kappa shape index (κ2) is 6.23. The average Bonchev–Trinajstić information content (AvgIpc) is 2.60. The van der Waals surface area contributed by atoms with Crippen LogP contribution in [0.4, 0.5) is 0 Å². The highest BCUT2D eigenvalue weighted by Gasteiger charge is 2.34. The van der Waals surface area contributed by atoms with Crippen molar-refractivity contribution in [1.82, 2.24) is 4.90 Å². The Morgan fingerprint density at radius 2 is 1.82 bits per heavy atom. The van der Waals surface area contributed by atoms with Crippen LogP contribution in [0.25, 0.3) is 0 Å². The van der Waals surface area contributed by atoms with Crippen molar-refractivity contribution >= 4 is 0 Å². The SMILES string of the molecule is c1ccc(CCN2CC[C@@H]3OCc4ccccc4[C@H]3C2)cc1. The molecule has 2 heteroatoms. The van der Waals surface area contributed by atoms with E-state index in [0.29, 0.717) is 12.0 Å². The minimum absolute atomic E-state index is 0.419. The summed E-state index contributed by atoms with van der Waals surface area (Å²) < 4.78 is 6.09. The minimum Gasteiger partial charge on any atom is -0.373 e. The molecule has 0 unspecified atom stereocenters. The molecule has 1 saturated heterocycles. The zero-order chi connectivity index (χ0) is 14.8. The maximum atomic E-state index is 6.09. The molecule has 1 fully saturated rings. The van der Waals surface area contributed by atoms with Gasteiger partial charge in [0.05, 0.1) is 12.7 Å². The van der Waals surface area contributed by atoms with E-state index in [9.17, 15) is 0 Å². The van der Waals surface area contributed by atoms with Gasteiger partial charge >= 0.3 is 0 Å². The Hall–Kier alpha value is -1.64. The van der Waals surface area contributed by atoms with Gasteiger partial charge in [-0.1, -0.05) is 54.6 Å². The highest BCUT2D eigenvalue weighted by Crippen LogP contribution is 2.36. The number of rotatable bonds is 3. The van der Waals surface area contributed by atoms with Gasteiger partial charge in [0.2, 0.25) is 0 Å². The smallest absolute Gasteiger partial charge is 0.0723 e. The fraction of sp³-hybridized carbons (Fsp3) is 0.400. The first-order chi connectivity index (χ1) is 10.9. The number of fused-ring (bicyclic) bond motifs is 3. The predicted octanol–water partition coefficient (Wildman–Crippen LogP) is 3.62. The maximum absolute atomic E-state index is 6.09. The lowest BCUT2D eigenvalue weighted by Gasteiger charge is -2.42. The zero-order valence-electron chi connectivity index (χ0n) is 12.9. The Labute approximate surface area is 132 Å². The van der Waals surface area contributed by atoms with E-state index in [2.05, 4.69) is 59.5 Å². The summed E-state index contributed by atoms with van der Waals surface area (Å²) in [4.78, 5) is 2.61. The van der Waals surface area contributed by atoms with Crippen molar-refractivity contribution in [2.45, 2.75) is 31.5 Å². The molecular formula is C20H23NO. The minimum atomic E-state index is 0.419. The number of likely N-dealkylation sites (tertiary alicyclic amines) is 1. The van der Waals surface area contributed by atoms with E-state index < -0.39 is 0 Å². The molecule has 114 valence electrons. The first-order valence-electron chi connectivity index (χ1n) is 8.36. The van der Waals surface area contributed by atoms with Crippen LogP contribution in [-0.4, -0.2) is 30.6 Å². The van der Waals surface area contributed by atoms with Crippen molar-refractivity contribution in [1.29, 1.82) is 0 Å². The molecule has 2 aromatic carbocycles. The van der Waals surface area contributed by atoms with Gasteiger partial charge in [0.1, 0.15) is 0 Å². The van der Waals surface area contributed by atoms with Crippen LogP contribution in [0.2, 0.25) is 0 Å². The second-order valence-corrected chi connectivity index (χ2v) is 6.48. The van der Waals surface area contributed by atoms with Crippen LogP contribution in [0, 0.1) is 0 Å². The van der Waals surface area contributed by atoms with Crippen molar-refractivity contribution in [2.75, 3.05) is 19.6 Å². The average molecular weight is 293 g/mol. The first kappa shape index (κ1) is 14.0. The van der Waals surface area contributed by atoms with Crippen molar-refractivity contribution in [3.8, 4) is 0 Å². The van der Waals surface area contributed by atoms with E-state index in [1.165, 1.54) is 16.7 Å². The Morgan fingerprint density at radius 1 is 1.00 bits per heavy atom. The third-order valence-corrected chi connectivity index (χ3v) is 5.10. The summed E-state index contributed by atoms with van der Waals surface area (Å²) >= 11 is 0. The van der Waals surface area contributed by atoms with E-state index >= 15 is 0 Å². The normalized spacial score (nSPS) is 24.5. The van der Waals surface area contributed by atoms with Crippen LogP contribution in [-0.2, 0) is 17.8 Å². The van der Waals surface area contributed by atoms with E-state index in [-0.39, 0.29) is 0 Å². The molecule has 0 amide bonds. The van der Waals surface area contributed by atoms with Gasteiger partial charge in [-0.15, -0.1) is 0 Å². The highest BCUT2D eigenvalue weighted by molar-refractivity contribution is 5.33. The topological polar surface area (TPSA) is 12.5 Å². The molecule has 0 saturated carbocycles. The molecule has 2 aromatic rings. The van der Waals surface area contributed by atoms with Crippen molar-refractivity contribution in [3.63, 3.8) is 0 Å². The Kier molecular flexibility index (Phi) is 3.96. The number of hydrogen-bond donors (Lipinski definition) is 0. The molecule has 2 aliphatic heterocycles. The highest BCUT2D eigenvalue weighted by atomic mass is 16.5. The Balaban J connectivity index is 1.44. The first-order valence-corrected chi connectivity index (χ1v) is 8.36. The molecule has 0 aliphatic carbocycles. The number of ether oxygens (including phenoxy) is 1. The molecule has 2 nitrogen and oxygen atoms in total. The monoisotopic (exact) mass is 293 g/mol. The third-order valence-electron chi connectivity index (χ3n) is 5.10. The van der Waals surface area contributed by atoms with Gasteiger partial charge < -0.3 is 9.64 Å². The summed E-state index contributed by atoms with van der Waals surface area (Å²) in [6, 6.07) is 19.6. The van der Waals surface area contributed by atoms with Gasteiger partial charge in [0.15, 0.2) is 0 Å². The van der Waals surface area contributed by atoms with Gasteiger partial charge in [0, 0.05) is 25.6 Å². The molecular weight excluding hydrogens is 270 g/mol. The van der Waals surface area contributed by atoms with Crippen LogP contribution >= 0.6 is 0 Å². The lowest BCUT2D eigenvalue weighted by molar-refractivity contribution is -0.0308. The van der Waals surface area contributed by atoms with Gasteiger partial charge in [-0.25, -0.2) is 0 Å². The van der Waals surface area contributed by atoms with Crippen LogP contribution in [0.15, 0.2) is 54.6 Å². The number of nitrogens with zero attached hydrogens (tertiary/aromatic N) is 1. The second-order valence-electron chi connectivity index (χ2n) is 6.48. The van der Waals surface area contributed by atoms with Gasteiger partial charge in [-0.05, 0) is 29.5 Å². The number of piperidine rings is 1. The van der Waals surface area contributed by atoms with Crippen molar-refractivity contribution in [3.05, 3.63) is 71.3 Å². The molecule has 0 bridgehead atoms. The van der Waals surface area contributed by atoms with Crippen LogP contribution in [0.3, 0.4) is 0 Å². The fourth-order valence-electron chi connectivity index (χ4n) is 3.86. The Bertz CT molecular complexity index is 625. The molecule has 0 N–H and O–H groups in total. The number of benzene rings is 2. The standard InChI is InChI=1S/C20H23NO/c1-2-6-16(7-3-1)10-12-21-13-11-20-19(14-21)18-9-5-4-8-17(18)15-22-20/h1-9,19-20H,10-15H2/t19-,20+/m1/s1. The van der Waals surface area contributed by atoms with Gasteiger partial charge in [-0.3, -0.25) is 0 Å². The summed E-state index contributed by atoms with van der Waals surface area (Å²) in [6.07, 6.45) is 2.72. The lowest BCUT2D eigenvalue weighted by Crippen LogP contribution is -2.45. The summed E-state index contributed by atoms with van der Waals surface area (Å²) in [6.45, 7) is 4.24. The van der Waals surface area contributed by atoms with E-state index in [4.69, 9.17) is 4.74 Å². The third kappa shape index (κ3) is 2.81. The summed E-state index contributed by atoms with van der Waals surface area (Å²) in [7, 11) is 0. The van der Waals surface area contributed by atoms with Crippen molar-refractivity contribution < 1.29 is 4.74 Å².